The van der Waals surface area contributed by atoms with Gasteiger partial charge in [-0.25, -0.2) is 4.79 Å². The Kier molecular flexibility index (Phi) is 4.47. The summed E-state index contributed by atoms with van der Waals surface area (Å²) in [6.45, 7) is 4.03. The third kappa shape index (κ3) is 3.22. The molecule has 6 nitrogen and oxygen atoms in total. The average molecular weight is 323 g/mol. The maximum atomic E-state index is 11.3. The summed E-state index contributed by atoms with van der Waals surface area (Å²) < 4.78 is 11.0. The molecule has 1 heterocycles. The zero-order valence-electron chi connectivity index (χ0n) is 13.2. The summed E-state index contributed by atoms with van der Waals surface area (Å²) in [5.41, 5.74) is 2.73. The van der Waals surface area contributed by atoms with Crippen molar-refractivity contribution in [3.8, 4) is 11.5 Å². The van der Waals surface area contributed by atoms with Crippen LogP contribution in [-0.4, -0.2) is 29.9 Å². The Balaban J connectivity index is 1.94. The normalized spacial score (nSPS) is 11.0. The van der Waals surface area contributed by atoms with Gasteiger partial charge in [0, 0.05) is 11.8 Å². The van der Waals surface area contributed by atoms with Crippen LogP contribution in [0.4, 0.5) is 5.69 Å². The molecule has 0 saturated carbocycles. The molecule has 0 bridgehead atoms. The van der Waals surface area contributed by atoms with Crippen LogP contribution in [0.15, 0.2) is 58.8 Å². The lowest BCUT2D eigenvalue weighted by Crippen LogP contribution is -1.99. The molecule has 2 N–H and O–H groups in total. The Morgan fingerprint density at radius 3 is 2.83 bits per heavy atom. The lowest BCUT2D eigenvalue weighted by Gasteiger charge is -2.11. The average Bonchev–Trinajstić information content (AvgIpc) is 2.97. The third-order valence-electron chi connectivity index (χ3n) is 3.43. The first-order valence-corrected chi connectivity index (χ1v) is 7.38. The quantitative estimate of drug-likeness (QED) is 0.540. The number of imidazole rings is 1. The van der Waals surface area contributed by atoms with Gasteiger partial charge in [0.25, 0.3) is 0 Å². The number of benzene rings is 2. The number of rotatable bonds is 6. The molecule has 0 aliphatic rings. The topological polar surface area (TPSA) is 79.5 Å². The number of methoxy groups -OCH3 is 1. The number of H-pyrrole nitrogens is 2. The van der Waals surface area contributed by atoms with Crippen LogP contribution in [0.25, 0.3) is 11.0 Å². The molecule has 0 saturated heterocycles. The smallest absolute Gasteiger partial charge is 0.323 e. The Bertz CT molecular complexity index is 954. The zero-order valence-corrected chi connectivity index (χ0v) is 13.2. The second-order valence-corrected chi connectivity index (χ2v) is 5.05. The number of fused-ring (bicyclic) bond motifs is 1. The van der Waals surface area contributed by atoms with Gasteiger partial charge < -0.3 is 19.4 Å². The van der Waals surface area contributed by atoms with E-state index in [0.717, 1.165) is 16.8 Å². The Labute approximate surface area is 138 Å². The summed E-state index contributed by atoms with van der Waals surface area (Å²) in [6.07, 6.45) is 3.37. The second kappa shape index (κ2) is 6.87. The molecule has 3 aromatic rings. The highest BCUT2D eigenvalue weighted by molar-refractivity contribution is 5.88. The standard InChI is InChI=1S/C18H17N3O3/c1-3-9-24-17-12(5-4-6-16(17)23-2)11-19-13-7-8-14-15(10-13)21-18(22)20-14/h3-8,10-11H,1,9H2,2H3,(H2,20,21,22). The number of para-hydroxylation sites is 1. The highest BCUT2D eigenvalue weighted by atomic mass is 16.5. The van der Waals surface area contributed by atoms with Crippen LogP contribution >= 0.6 is 0 Å². The number of hydrogen-bond donors (Lipinski definition) is 2. The number of hydrogen-bond acceptors (Lipinski definition) is 4. The molecule has 2 aromatic carbocycles. The lowest BCUT2D eigenvalue weighted by molar-refractivity contribution is 0.326. The molecule has 122 valence electrons. The molecule has 3 rings (SSSR count). The van der Waals surface area contributed by atoms with Crippen molar-refractivity contribution in [1.29, 1.82) is 0 Å². The Hall–Kier alpha value is -3.28. The van der Waals surface area contributed by atoms with Crippen LogP contribution in [0.5, 0.6) is 11.5 Å². The van der Waals surface area contributed by atoms with Crippen molar-refractivity contribution < 1.29 is 9.47 Å². The summed E-state index contributed by atoms with van der Waals surface area (Å²) in [5, 5.41) is 0. The minimum Gasteiger partial charge on any atom is -0.493 e. The molecule has 0 atom stereocenters. The van der Waals surface area contributed by atoms with E-state index in [-0.39, 0.29) is 5.69 Å². The van der Waals surface area contributed by atoms with E-state index in [0.29, 0.717) is 23.6 Å². The molecule has 0 spiro atoms. The van der Waals surface area contributed by atoms with Crippen LogP contribution in [0.2, 0.25) is 0 Å². The summed E-state index contributed by atoms with van der Waals surface area (Å²) in [6, 6.07) is 11.0. The lowest BCUT2D eigenvalue weighted by atomic mass is 10.2. The van der Waals surface area contributed by atoms with Gasteiger partial charge in [-0.1, -0.05) is 18.7 Å². The van der Waals surface area contributed by atoms with Gasteiger partial charge in [-0.3, -0.25) is 4.99 Å². The van der Waals surface area contributed by atoms with Crippen molar-refractivity contribution in [2.75, 3.05) is 13.7 Å². The molecule has 6 heteroatoms. The summed E-state index contributed by atoms with van der Waals surface area (Å²) >= 11 is 0. The third-order valence-corrected chi connectivity index (χ3v) is 3.43. The number of aromatic amines is 2. The molecule has 0 amide bonds. The monoisotopic (exact) mass is 323 g/mol. The summed E-state index contributed by atoms with van der Waals surface area (Å²) in [4.78, 5) is 21.2. The van der Waals surface area contributed by atoms with Gasteiger partial charge in [0.05, 0.1) is 23.8 Å². The first kappa shape index (κ1) is 15.6. The van der Waals surface area contributed by atoms with Gasteiger partial charge in [-0.05, 0) is 30.3 Å². The molecule has 0 fully saturated rings. The number of ether oxygens (including phenoxy) is 2. The van der Waals surface area contributed by atoms with Crippen molar-refractivity contribution in [2.45, 2.75) is 0 Å². The number of nitrogens with zero attached hydrogens (tertiary/aromatic N) is 1. The Morgan fingerprint density at radius 1 is 1.21 bits per heavy atom. The van der Waals surface area contributed by atoms with Crippen molar-refractivity contribution >= 4 is 22.9 Å². The SMILES string of the molecule is C=CCOc1c(C=Nc2ccc3[nH]c(=O)[nH]c3c2)cccc1OC. The highest BCUT2D eigenvalue weighted by Gasteiger charge is 2.08. The van der Waals surface area contributed by atoms with Crippen LogP contribution < -0.4 is 15.2 Å². The predicted octanol–water partition coefficient (Wildman–Crippen LogP) is 3.18. The molecule has 1 aromatic heterocycles. The highest BCUT2D eigenvalue weighted by Crippen LogP contribution is 2.30. The minimum atomic E-state index is -0.237. The maximum Gasteiger partial charge on any atom is 0.323 e. The van der Waals surface area contributed by atoms with Gasteiger partial charge >= 0.3 is 5.69 Å². The van der Waals surface area contributed by atoms with Crippen LogP contribution in [0.1, 0.15) is 5.56 Å². The summed E-state index contributed by atoms with van der Waals surface area (Å²) in [5.74, 6) is 1.24. The fraction of sp³-hybridized carbons (Fsp3) is 0.111. The van der Waals surface area contributed by atoms with Crippen molar-refractivity contribution in [2.24, 2.45) is 4.99 Å². The van der Waals surface area contributed by atoms with E-state index in [9.17, 15) is 4.79 Å². The maximum absolute atomic E-state index is 11.3. The van der Waals surface area contributed by atoms with E-state index in [1.165, 1.54) is 0 Å². The molecule has 0 aliphatic carbocycles. The van der Waals surface area contributed by atoms with Crippen LogP contribution in [-0.2, 0) is 0 Å². The number of aliphatic imine (C=N–C) groups is 1. The fourth-order valence-electron chi connectivity index (χ4n) is 2.34. The van der Waals surface area contributed by atoms with E-state index >= 15 is 0 Å². The molecular formula is C18H17N3O3. The van der Waals surface area contributed by atoms with E-state index in [1.54, 1.807) is 31.5 Å². The summed E-state index contributed by atoms with van der Waals surface area (Å²) in [7, 11) is 1.59. The van der Waals surface area contributed by atoms with E-state index in [4.69, 9.17) is 9.47 Å². The number of aromatic nitrogens is 2. The molecule has 24 heavy (non-hydrogen) atoms. The van der Waals surface area contributed by atoms with Gasteiger partial charge in [-0.2, -0.15) is 0 Å². The van der Waals surface area contributed by atoms with Crippen LogP contribution in [0, 0.1) is 0 Å². The zero-order chi connectivity index (χ0) is 16.9. The first-order chi connectivity index (χ1) is 11.7. The van der Waals surface area contributed by atoms with Crippen molar-refractivity contribution in [3.63, 3.8) is 0 Å². The molecular weight excluding hydrogens is 306 g/mol. The van der Waals surface area contributed by atoms with Crippen molar-refractivity contribution in [1.82, 2.24) is 9.97 Å². The van der Waals surface area contributed by atoms with E-state index < -0.39 is 0 Å². The van der Waals surface area contributed by atoms with Crippen molar-refractivity contribution in [3.05, 3.63) is 65.1 Å². The van der Waals surface area contributed by atoms with E-state index in [1.807, 2.05) is 24.3 Å². The number of nitrogens with one attached hydrogen (secondary N) is 2. The Morgan fingerprint density at radius 2 is 2.04 bits per heavy atom. The molecule has 0 radical (unpaired) electrons. The van der Waals surface area contributed by atoms with E-state index in [2.05, 4.69) is 21.5 Å². The van der Waals surface area contributed by atoms with Gasteiger partial charge in [0.1, 0.15) is 6.61 Å². The predicted molar refractivity (Wildman–Crippen MR) is 94.9 cm³/mol. The first-order valence-electron chi connectivity index (χ1n) is 7.38. The van der Waals surface area contributed by atoms with Gasteiger partial charge in [-0.15, -0.1) is 0 Å². The molecule has 0 aliphatic heterocycles. The largest absolute Gasteiger partial charge is 0.493 e. The van der Waals surface area contributed by atoms with Gasteiger partial charge in [0.15, 0.2) is 11.5 Å². The second-order valence-electron chi connectivity index (χ2n) is 5.05. The minimum absolute atomic E-state index is 0.237. The van der Waals surface area contributed by atoms with Gasteiger partial charge in [0.2, 0.25) is 0 Å². The fourth-order valence-corrected chi connectivity index (χ4v) is 2.34. The van der Waals surface area contributed by atoms with Crippen LogP contribution in [0.3, 0.4) is 0 Å². The molecule has 0 unspecified atom stereocenters.